The maximum atomic E-state index is 12.1. The van der Waals surface area contributed by atoms with E-state index in [4.69, 9.17) is 9.47 Å². The average molecular weight is 370 g/mol. The first-order chi connectivity index (χ1) is 12.9. The zero-order valence-corrected chi connectivity index (χ0v) is 16.1. The lowest BCUT2D eigenvalue weighted by molar-refractivity contribution is -0.133. The van der Waals surface area contributed by atoms with Crippen LogP contribution in [0, 0.1) is 6.92 Å². The number of carbonyl (C=O) groups excluding carboxylic acids is 2. The standard InChI is InChI=1S/C21H26N2O4/c1-14(2)17-9-11-18(12-10-17)27-16(4)21(25)23-22-20(24)13-26-19-8-6-5-7-15(19)3/h5-12,14,16H,13H2,1-4H3,(H,22,24)(H,23,25)/t16-/m1/s1. The molecule has 0 aliphatic rings. The molecule has 0 unspecified atom stereocenters. The van der Waals surface area contributed by atoms with Crippen molar-refractivity contribution in [2.75, 3.05) is 6.61 Å². The summed E-state index contributed by atoms with van der Waals surface area (Å²) >= 11 is 0. The van der Waals surface area contributed by atoms with E-state index >= 15 is 0 Å². The molecule has 27 heavy (non-hydrogen) atoms. The maximum Gasteiger partial charge on any atom is 0.279 e. The molecule has 2 aromatic carbocycles. The van der Waals surface area contributed by atoms with Crippen LogP contribution in [0.25, 0.3) is 0 Å². The van der Waals surface area contributed by atoms with Crippen molar-refractivity contribution in [1.29, 1.82) is 0 Å². The van der Waals surface area contributed by atoms with Crippen molar-refractivity contribution in [3.8, 4) is 11.5 Å². The van der Waals surface area contributed by atoms with Crippen LogP contribution in [-0.2, 0) is 9.59 Å². The molecule has 0 spiro atoms. The van der Waals surface area contributed by atoms with Crippen LogP contribution in [0.1, 0.15) is 37.8 Å². The van der Waals surface area contributed by atoms with E-state index < -0.39 is 17.9 Å². The Hall–Kier alpha value is -3.02. The van der Waals surface area contributed by atoms with Gasteiger partial charge in [0, 0.05) is 0 Å². The lowest BCUT2D eigenvalue weighted by atomic mass is 10.0. The van der Waals surface area contributed by atoms with Gasteiger partial charge in [-0.2, -0.15) is 0 Å². The second-order valence-corrected chi connectivity index (χ2v) is 6.58. The first-order valence-corrected chi connectivity index (χ1v) is 8.90. The Labute approximate surface area is 159 Å². The Kier molecular flexibility index (Phi) is 7.23. The summed E-state index contributed by atoms with van der Waals surface area (Å²) in [4.78, 5) is 23.9. The van der Waals surface area contributed by atoms with Crippen molar-refractivity contribution in [3.63, 3.8) is 0 Å². The minimum atomic E-state index is -0.757. The van der Waals surface area contributed by atoms with Crippen LogP contribution < -0.4 is 20.3 Å². The van der Waals surface area contributed by atoms with Crippen LogP contribution in [0.3, 0.4) is 0 Å². The average Bonchev–Trinajstić information content (AvgIpc) is 2.65. The zero-order valence-electron chi connectivity index (χ0n) is 16.1. The highest BCUT2D eigenvalue weighted by atomic mass is 16.5. The third kappa shape index (κ3) is 6.33. The normalized spacial score (nSPS) is 11.6. The highest BCUT2D eigenvalue weighted by Crippen LogP contribution is 2.19. The van der Waals surface area contributed by atoms with E-state index in [0.29, 0.717) is 17.4 Å². The lowest BCUT2D eigenvalue weighted by Gasteiger charge is -2.16. The molecule has 0 bridgehead atoms. The molecule has 0 saturated heterocycles. The quantitative estimate of drug-likeness (QED) is 0.734. The number of aryl methyl sites for hydroxylation is 1. The van der Waals surface area contributed by atoms with Crippen molar-refractivity contribution in [2.45, 2.75) is 39.7 Å². The number of hydrogen-bond donors (Lipinski definition) is 2. The molecule has 0 aliphatic heterocycles. The van der Waals surface area contributed by atoms with Crippen molar-refractivity contribution in [1.82, 2.24) is 10.9 Å². The van der Waals surface area contributed by atoms with Crippen molar-refractivity contribution in [2.24, 2.45) is 0 Å². The molecule has 144 valence electrons. The summed E-state index contributed by atoms with van der Waals surface area (Å²) in [5.41, 5.74) is 6.78. The summed E-state index contributed by atoms with van der Waals surface area (Å²) in [5.74, 6) is 0.737. The fourth-order valence-corrected chi connectivity index (χ4v) is 2.32. The molecule has 0 saturated carbocycles. The predicted molar refractivity (Wildman–Crippen MR) is 104 cm³/mol. The summed E-state index contributed by atoms with van der Waals surface area (Å²) in [6.07, 6.45) is -0.757. The molecule has 2 N–H and O–H groups in total. The first-order valence-electron chi connectivity index (χ1n) is 8.90. The molecular formula is C21H26N2O4. The van der Waals surface area contributed by atoms with Crippen LogP contribution in [0.4, 0.5) is 0 Å². The SMILES string of the molecule is Cc1ccccc1OCC(=O)NNC(=O)[C@@H](C)Oc1ccc(C(C)C)cc1. The fraction of sp³-hybridized carbons (Fsp3) is 0.333. The molecule has 0 radical (unpaired) electrons. The number of benzene rings is 2. The summed E-state index contributed by atoms with van der Waals surface area (Å²) in [7, 11) is 0. The molecule has 6 heteroatoms. The van der Waals surface area contributed by atoms with Crippen molar-refractivity contribution >= 4 is 11.8 Å². The van der Waals surface area contributed by atoms with Gasteiger partial charge in [0.25, 0.3) is 11.8 Å². The molecular weight excluding hydrogens is 344 g/mol. The van der Waals surface area contributed by atoms with Gasteiger partial charge in [0.1, 0.15) is 11.5 Å². The highest BCUT2D eigenvalue weighted by molar-refractivity contribution is 5.85. The van der Waals surface area contributed by atoms with Gasteiger partial charge in [0.2, 0.25) is 0 Å². The van der Waals surface area contributed by atoms with Gasteiger partial charge in [0.15, 0.2) is 12.7 Å². The van der Waals surface area contributed by atoms with Gasteiger partial charge in [-0.1, -0.05) is 44.2 Å². The van der Waals surface area contributed by atoms with Gasteiger partial charge in [-0.15, -0.1) is 0 Å². The maximum absolute atomic E-state index is 12.1. The van der Waals surface area contributed by atoms with Gasteiger partial charge in [-0.05, 0) is 49.1 Å². The molecule has 0 aromatic heterocycles. The van der Waals surface area contributed by atoms with E-state index in [9.17, 15) is 9.59 Å². The van der Waals surface area contributed by atoms with Crippen LogP contribution in [0.5, 0.6) is 11.5 Å². The lowest BCUT2D eigenvalue weighted by Crippen LogP contribution is -2.48. The smallest absolute Gasteiger partial charge is 0.279 e. The number of para-hydroxylation sites is 1. The number of ether oxygens (including phenoxy) is 2. The summed E-state index contributed by atoms with van der Waals surface area (Å²) in [6.45, 7) is 7.52. The minimum absolute atomic E-state index is 0.197. The van der Waals surface area contributed by atoms with E-state index in [-0.39, 0.29) is 6.61 Å². The van der Waals surface area contributed by atoms with Crippen LogP contribution in [0.15, 0.2) is 48.5 Å². The Morgan fingerprint density at radius 1 is 0.963 bits per heavy atom. The molecule has 0 heterocycles. The third-order valence-corrected chi connectivity index (χ3v) is 4.01. The number of nitrogens with one attached hydrogen (secondary N) is 2. The fourth-order valence-electron chi connectivity index (χ4n) is 2.32. The molecule has 1 atom stereocenters. The van der Waals surface area contributed by atoms with Crippen LogP contribution in [-0.4, -0.2) is 24.5 Å². The second-order valence-electron chi connectivity index (χ2n) is 6.58. The molecule has 0 aliphatic carbocycles. The molecule has 0 fully saturated rings. The largest absolute Gasteiger partial charge is 0.483 e. The summed E-state index contributed by atoms with van der Waals surface area (Å²) < 4.78 is 11.0. The van der Waals surface area contributed by atoms with Gasteiger partial charge in [-0.25, -0.2) is 0 Å². The Morgan fingerprint density at radius 3 is 2.26 bits per heavy atom. The topological polar surface area (TPSA) is 76.7 Å². The first kappa shape index (κ1) is 20.3. The molecule has 6 nitrogen and oxygen atoms in total. The van der Waals surface area contributed by atoms with E-state index in [0.717, 1.165) is 5.56 Å². The van der Waals surface area contributed by atoms with Crippen molar-refractivity contribution < 1.29 is 19.1 Å². The predicted octanol–water partition coefficient (Wildman–Crippen LogP) is 3.11. The van der Waals surface area contributed by atoms with Crippen molar-refractivity contribution in [3.05, 3.63) is 59.7 Å². The molecule has 2 rings (SSSR count). The minimum Gasteiger partial charge on any atom is -0.483 e. The Bertz CT molecular complexity index is 772. The number of rotatable bonds is 7. The Morgan fingerprint density at radius 2 is 1.63 bits per heavy atom. The highest BCUT2D eigenvalue weighted by Gasteiger charge is 2.16. The van der Waals surface area contributed by atoms with E-state index in [1.54, 1.807) is 13.0 Å². The summed E-state index contributed by atoms with van der Waals surface area (Å²) in [5, 5.41) is 0. The number of carbonyl (C=O) groups is 2. The van der Waals surface area contributed by atoms with E-state index in [2.05, 4.69) is 24.7 Å². The van der Waals surface area contributed by atoms with Crippen LogP contribution >= 0.6 is 0 Å². The number of amides is 2. The third-order valence-electron chi connectivity index (χ3n) is 4.01. The Balaban J connectivity index is 1.75. The number of hydrogen-bond acceptors (Lipinski definition) is 4. The molecule has 2 amide bonds. The van der Waals surface area contributed by atoms with Gasteiger partial charge < -0.3 is 9.47 Å². The monoisotopic (exact) mass is 370 g/mol. The van der Waals surface area contributed by atoms with Gasteiger partial charge in [-0.3, -0.25) is 20.4 Å². The zero-order chi connectivity index (χ0) is 19.8. The van der Waals surface area contributed by atoms with E-state index in [1.807, 2.05) is 49.4 Å². The van der Waals surface area contributed by atoms with Gasteiger partial charge >= 0.3 is 0 Å². The molecule has 2 aromatic rings. The summed E-state index contributed by atoms with van der Waals surface area (Å²) in [6, 6.07) is 15.0. The van der Waals surface area contributed by atoms with Gasteiger partial charge in [0.05, 0.1) is 0 Å². The van der Waals surface area contributed by atoms with Crippen LogP contribution in [0.2, 0.25) is 0 Å². The number of hydrazine groups is 1. The second kappa shape index (κ2) is 9.62. The van der Waals surface area contributed by atoms with E-state index in [1.165, 1.54) is 5.56 Å².